The van der Waals surface area contributed by atoms with Crippen molar-refractivity contribution in [1.29, 1.82) is 10.5 Å². The first kappa shape index (κ1) is 9.78. The zero-order valence-corrected chi connectivity index (χ0v) is 7.21. The van der Waals surface area contributed by atoms with Crippen LogP contribution in [0.25, 0.3) is 0 Å². The molecule has 0 unspecified atom stereocenters. The summed E-state index contributed by atoms with van der Waals surface area (Å²) in [7, 11) is 0. The molecule has 0 bridgehead atoms. The largest absolute Gasteiger partial charge is 0.206 e. The molecule has 0 saturated carbocycles. The van der Waals surface area contributed by atoms with Crippen LogP contribution in [0.4, 0.5) is 4.39 Å². The number of nitrogens with zero attached hydrogens (tertiary/aromatic N) is 2. The highest BCUT2D eigenvalue weighted by Gasteiger charge is 2.00. The van der Waals surface area contributed by atoms with Crippen LogP contribution in [0.3, 0.4) is 0 Å². The predicted octanol–water partition coefficient (Wildman–Crippen LogP) is 1.77. The third-order valence-electron chi connectivity index (χ3n) is 1.57. The van der Waals surface area contributed by atoms with Crippen LogP contribution in [0.1, 0.15) is 11.1 Å². The molecule has 0 heterocycles. The Hall–Kier alpha value is -2.31. The van der Waals surface area contributed by atoms with Crippen molar-refractivity contribution in [2.45, 2.75) is 6.42 Å². The van der Waals surface area contributed by atoms with Gasteiger partial charge < -0.3 is 0 Å². The minimum atomic E-state index is -0.500. The Kier molecular flexibility index (Phi) is 3.25. The van der Waals surface area contributed by atoms with Gasteiger partial charge in [0.2, 0.25) is 0 Å². The standard InChI is InChI=1S/C11H5FN2/c12-11-8-9(5-7-14)3-4-10(11)2-1-6-13/h3-4,8H,5H2. The molecular formula is C11H5FN2. The first-order chi connectivity index (χ1) is 6.77. The van der Waals surface area contributed by atoms with Crippen LogP contribution >= 0.6 is 0 Å². The highest BCUT2D eigenvalue weighted by molar-refractivity contribution is 5.40. The third-order valence-corrected chi connectivity index (χ3v) is 1.57. The van der Waals surface area contributed by atoms with Gasteiger partial charge in [0.05, 0.1) is 18.1 Å². The van der Waals surface area contributed by atoms with Crippen molar-refractivity contribution < 1.29 is 4.39 Å². The Morgan fingerprint density at radius 2 is 2.07 bits per heavy atom. The monoisotopic (exact) mass is 184 g/mol. The Morgan fingerprint density at radius 3 is 2.64 bits per heavy atom. The first-order valence-corrected chi connectivity index (χ1v) is 3.83. The summed E-state index contributed by atoms with van der Waals surface area (Å²) in [6, 6.07) is 7.86. The van der Waals surface area contributed by atoms with Crippen LogP contribution in [0.2, 0.25) is 0 Å². The smallest absolute Gasteiger partial charge is 0.152 e. The second kappa shape index (κ2) is 4.65. The molecule has 0 atom stereocenters. The zero-order valence-electron chi connectivity index (χ0n) is 7.21. The summed E-state index contributed by atoms with van der Waals surface area (Å²) in [6.45, 7) is 0. The summed E-state index contributed by atoms with van der Waals surface area (Å²) in [5.41, 5.74) is 0.778. The minimum Gasteiger partial charge on any atom is -0.206 e. The van der Waals surface area contributed by atoms with E-state index in [-0.39, 0.29) is 12.0 Å². The maximum atomic E-state index is 13.2. The van der Waals surface area contributed by atoms with E-state index >= 15 is 0 Å². The normalized spacial score (nSPS) is 7.93. The van der Waals surface area contributed by atoms with E-state index in [9.17, 15) is 4.39 Å². The van der Waals surface area contributed by atoms with E-state index in [1.54, 1.807) is 12.1 Å². The summed E-state index contributed by atoms with van der Waals surface area (Å²) >= 11 is 0. The Morgan fingerprint density at radius 1 is 1.29 bits per heavy atom. The molecule has 14 heavy (non-hydrogen) atoms. The molecule has 0 radical (unpaired) electrons. The summed E-state index contributed by atoms with van der Waals surface area (Å²) in [6.07, 6.45) is 0.170. The van der Waals surface area contributed by atoms with Crippen molar-refractivity contribution in [3.8, 4) is 24.0 Å². The molecule has 66 valence electrons. The zero-order chi connectivity index (χ0) is 10.4. The molecule has 1 aromatic rings. The lowest BCUT2D eigenvalue weighted by atomic mass is 10.1. The number of rotatable bonds is 1. The summed E-state index contributed by atoms with van der Waals surface area (Å²) < 4.78 is 13.2. The second-order valence-corrected chi connectivity index (χ2v) is 2.51. The van der Waals surface area contributed by atoms with Gasteiger partial charge in [0.15, 0.2) is 6.07 Å². The van der Waals surface area contributed by atoms with Crippen molar-refractivity contribution in [2.24, 2.45) is 0 Å². The van der Waals surface area contributed by atoms with Crippen LogP contribution in [0, 0.1) is 40.3 Å². The topological polar surface area (TPSA) is 47.6 Å². The average molecular weight is 184 g/mol. The van der Waals surface area contributed by atoms with E-state index < -0.39 is 5.82 Å². The van der Waals surface area contributed by atoms with Crippen molar-refractivity contribution >= 4 is 0 Å². The summed E-state index contributed by atoms with van der Waals surface area (Å²) in [4.78, 5) is 0. The number of hydrogen-bond acceptors (Lipinski definition) is 2. The summed E-state index contributed by atoms with van der Waals surface area (Å²) in [5, 5.41) is 16.5. The molecule has 0 N–H and O–H groups in total. The average Bonchev–Trinajstić information content (AvgIpc) is 2.17. The van der Waals surface area contributed by atoms with E-state index in [0.717, 1.165) is 0 Å². The Bertz CT molecular complexity index is 481. The van der Waals surface area contributed by atoms with Crippen molar-refractivity contribution in [1.82, 2.24) is 0 Å². The lowest BCUT2D eigenvalue weighted by Crippen LogP contribution is -1.88. The van der Waals surface area contributed by atoms with Crippen molar-refractivity contribution in [3.05, 3.63) is 35.1 Å². The molecule has 0 aliphatic rings. The lowest BCUT2D eigenvalue weighted by Gasteiger charge is -1.96. The molecule has 1 aromatic carbocycles. The van der Waals surface area contributed by atoms with Crippen LogP contribution < -0.4 is 0 Å². The van der Waals surface area contributed by atoms with Crippen LogP contribution in [-0.4, -0.2) is 0 Å². The van der Waals surface area contributed by atoms with Crippen molar-refractivity contribution in [2.75, 3.05) is 0 Å². The molecular weight excluding hydrogens is 179 g/mol. The fraction of sp³-hybridized carbons (Fsp3) is 0.0909. The molecule has 0 amide bonds. The number of halogens is 1. The van der Waals surface area contributed by atoms with Gasteiger partial charge in [0, 0.05) is 5.92 Å². The molecule has 0 aliphatic carbocycles. The van der Waals surface area contributed by atoms with Gasteiger partial charge in [0.25, 0.3) is 0 Å². The molecule has 2 nitrogen and oxygen atoms in total. The van der Waals surface area contributed by atoms with Crippen LogP contribution in [0.15, 0.2) is 18.2 Å². The summed E-state index contributed by atoms with van der Waals surface area (Å²) in [5.74, 6) is 3.97. The van der Waals surface area contributed by atoms with Crippen LogP contribution in [-0.2, 0) is 6.42 Å². The van der Waals surface area contributed by atoms with E-state index in [1.807, 2.05) is 6.07 Å². The third kappa shape index (κ3) is 2.34. The first-order valence-electron chi connectivity index (χ1n) is 3.83. The number of hydrogen-bond donors (Lipinski definition) is 0. The van der Waals surface area contributed by atoms with Gasteiger partial charge in [0.1, 0.15) is 5.82 Å². The van der Waals surface area contributed by atoms with Gasteiger partial charge in [-0.05, 0) is 23.6 Å². The maximum Gasteiger partial charge on any atom is 0.152 e. The quantitative estimate of drug-likeness (QED) is 0.624. The minimum absolute atomic E-state index is 0.170. The fourth-order valence-electron chi connectivity index (χ4n) is 0.957. The van der Waals surface area contributed by atoms with Crippen molar-refractivity contribution in [3.63, 3.8) is 0 Å². The van der Waals surface area contributed by atoms with Gasteiger partial charge in [-0.25, -0.2) is 4.39 Å². The molecule has 0 aromatic heterocycles. The fourth-order valence-corrected chi connectivity index (χ4v) is 0.957. The van der Waals surface area contributed by atoms with Gasteiger partial charge in [-0.3, -0.25) is 0 Å². The van der Waals surface area contributed by atoms with Gasteiger partial charge in [-0.15, -0.1) is 0 Å². The van der Waals surface area contributed by atoms with Gasteiger partial charge >= 0.3 is 0 Å². The molecule has 0 spiro atoms. The molecule has 0 fully saturated rings. The Labute approximate surface area is 81.2 Å². The second-order valence-electron chi connectivity index (χ2n) is 2.51. The molecule has 0 saturated heterocycles. The predicted molar refractivity (Wildman–Crippen MR) is 48.2 cm³/mol. The van der Waals surface area contributed by atoms with E-state index in [4.69, 9.17) is 10.5 Å². The van der Waals surface area contributed by atoms with Gasteiger partial charge in [-0.2, -0.15) is 10.5 Å². The highest BCUT2D eigenvalue weighted by atomic mass is 19.1. The van der Waals surface area contributed by atoms with Crippen LogP contribution in [0.5, 0.6) is 0 Å². The maximum absolute atomic E-state index is 13.2. The molecule has 3 heteroatoms. The van der Waals surface area contributed by atoms with E-state index in [1.165, 1.54) is 12.1 Å². The van der Waals surface area contributed by atoms with E-state index in [0.29, 0.717) is 5.56 Å². The van der Waals surface area contributed by atoms with E-state index in [2.05, 4.69) is 11.8 Å². The number of nitriles is 2. The SMILES string of the molecule is N#CC#Cc1ccc(CC#N)cc1F. The lowest BCUT2D eigenvalue weighted by molar-refractivity contribution is 0.622. The Balaban J connectivity index is 3.04. The highest BCUT2D eigenvalue weighted by Crippen LogP contribution is 2.09. The number of benzene rings is 1. The molecule has 1 rings (SSSR count). The van der Waals surface area contributed by atoms with Gasteiger partial charge in [-0.1, -0.05) is 6.07 Å². The molecule has 0 aliphatic heterocycles.